The summed E-state index contributed by atoms with van der Waals surface area (Å²) in [5.41, 5.74) is 2.64. The van der Waals surface area contributed by atoms with Crippen molar-refractivity contribution in [3.8, 4) is 0 Å². The summed E-state index contributed by atoms with van der Waals surface area (Å²) in [4.78, 5) is 25.3. The molecule has 2 aromatic rings. The molecule has 0 atom stereocenters. The van der Waals surface area contributed by atoms with Crippen molar-refractivity contribution in [1.82, 2.24) is 20.2 Å². The number of aromatic nitrogens is 2. The second-order valence-corrected chi connectivity index (χ2v) is 7.22. The summed E-state index contributed by atoms with van der Waals surface area (Å²) in [6.07, 6.45) is 6.36. The van der Waals surface area contributed by atoms with E-state index in [1.165, 1.54) is 5.69 Å². The van der Waals surface area contributed by atoms with Crippen LogP contribution in [-0.2, 0) is 0 Å². The minimum atomic E-state index is -0.126. The molecule has 1 saturated heterocycles. The molecular weight excluding hydrogens is 352 g/mol. The van der Waals surface area contributed by atoms with E-state index in [4.69, 9.17) is 0 Å². The van der Waals surface area contributed by atoms with Crippen molar-refractivity contribution in [3.63, 3.8) is 0 Å². The van der Waals surface area contributed by atoms with E-state index in [2.05, 4.69) is 56.5 Å². The summed E-state index contributed by atoms with van der Waals surface area (Å²) in [7, 11) is 2.16. The number of unbranched alkanes of at least 4 members (excludes halogenated alkanes) is 2. The second kappa shape index (κ2) is 10.0. The van der Waals surface area contributed by atoms with Gasteiger partial charge in [0.1, 0.15) is 0 Å². The van der Waals surface area contributed by atoms with Crippen LogP contribution in [0.15, 0.2) is 36.7 Å². The molecule has 1 fully saturated rings. The quantitative estimate of drug-likeness (QED) is 0.684. The van der Waals surface area contributed by atoms with Crippen molar-refractivity contribution in [1.29, 1.82) is 0 Å². The number of hydrogen-bond acceptors (Lipinski definition) is 6. The smallest absolute Gasteiger partial charge is 0.254 e. The van der Waals surface area contributed by atoms with Gasteiger partial charge in [0, 0.05) is 56.5 Å². The van der Waals surface area contributed by atoms with E-state index in [1.54, 1.807) is 12.4 Å². The van der Waals surface area contributed by atoms with E-state index in [-0.39, 0.29) is 5.91 Å². The zero-order valence-corrected chi connectivity index (χ0v) is 16.8. The van der Waals surface area contributed by atoms with Crippen molar-refractivity contribution in [2.45, 2.75) is 26.2 Å². The van der Waals surface area contributed by atoms with Crippen LogP contribution in [0, 0.1) is 0 Å². The van der Waals surface area contributed by atoms with Crippen LogP contribution in [-0.4, -0.2) is 60.5 Å². The van der Waals surface area contributed by atoms with Crippen molar-refractivity contribution < 1.29 is 4.79 Å². The van der Waals surface area contributed by atoms with Crippen LogP contribution in [0.2, 0.25) is 0 Å². The SMILES string of the molecule is CCCCCNC(=O)c1cnc(Nc2ccc(N3CCN(C)CC3)cc2)nc1. The highest BCUT2D eigenvalue weighted by molar-refractivity contribution is 5.93. The molecule has 0 saturated carbocycles. The largest absolute Gasteiger partial charge is 0.369 e. The number of carbonyl (C=O) groups is 1. The van der Waals surface area contributed by atoms with Crippen LogP contribution in [0.4, 0.5) is 17.3 Å². The lowest BCUT2D eigenvalue weighted by atomic mass is 10.2. The Hall–Kier alpha value is -2.67. The van der Waals surface area contributed by atoms with Crippen LogP contribution in [0.25, 0.3) is 0 Å². The van der Waals surface area contributed by atoms with Crippen molar-refractivity contribution in [2.75, 3.05) is 50.0 Å². The Labute approximate surface area is 167 Å². The fourth-order valence-electron chi connectivity index (χ4n) is 3.14. The van der Waals surface area contributed by atoms with E-state index >= 15 is 0 Å². The molecule has 0 spiro atoms. The Morgan fingerprint density at radius 1 is 1.04 bits per heavy atom. The third-order valence-corrected chi connectivity index (χ3v) is 4.97. The Morgan fingerprint density at radius 2 is 1.71 bits per heavy atom. The number of likely N-dealkylation sites (N-methyl/N-ethyl adjacent to an activating group) is 1. The van der Waals surface area contributed by atoms with E-state index in [0.29, 0.717) is 18.1 Å². The fourth-order valence-corrected chi connectivity index (χ4v) is 3.14. The normalized spacial score (nSPS) is 14.7. The molecule has 1 aromatic carbocycles. The van der Waals surface area contributed by atoms with Gasteiger partial charge in [-0.3, -0.25) is 4.79 Å². The molecule has 1 aliphatic rings. The van der Waals surface area contributed by atoms with Crippen LogP contribution >= 0.6 is 0 Å². The first-order chi connectivity index (χ1) is 13.7. The Morgan fingerprint density at radius 3 is 2.36 bits per heavy atom. The van der Waals surface area contributed by atoms with Gasteiger partial charge in [0.2, 0.25) is 5.95 Å². The fraction of sp³-hybridized carbons (Fsp3) is 0.476. The summed E-state index contributed by atoms with van der Waals surface area (Å²) >= 11 is 0. The molecule has 28 heavy (non-hydrogen) atoms. The number of nitrogens with one attached hydrogen (secondary N) is 2. The van der Waals surface area contributed by atoms with E-state index in [1.807, 2.05) is 12.1 Å². The number of benzene rings is 1. The van der Waals surface area contributed by atoms with Crippen molar-refractivity contribution >= 4 is 23.2 Å². The van der Waals surface area contributed by atoms with Crippen LogP contribution in [0.3, 0.4) is 0 Å². The van der Waals surface area contributed by atoms with Gasteiger partial charge in [0.15, 0.2) is 0 Å². The maximum absolute atomic E-state index is 12.1. The maximum atomic E-state index is 12.1. The highest BCUT2D eigenvalue weighted by Gasteiger charge is 2.14. The van der Waals surface area contributed by atoms with Crippen LogP contribution < -0.4 is 15.5 Å². The number of nitrogens with zero attached hydrogens (tertiary/aromatic N) is 4. The maximum Gasteiger partial charge on any atom is 0.254 e. The van der Waals surface area contributed by atoms with Crippen molar-refractivity contribution in [2.24, 2.45) is 0 Å². The highest BCUT2D eigenvalue weighted by Crippen LogP contribution is 2.20. The predicted molar refractivity (Wildman–Crippen MR) is 113 cm³/mol. The highest BCUT2D eigenvalue weighted by atomic mass is 16.1. The van der Waals surface area contributed by atoms with Gasteiger partial charge >= 0.3 is 0 Å². The van der Waals surface area contributed by atoms with Gasteiger partial charge < -0.3 is 20.4 Å². The molecule has 2 heterocycles. The minimum absolute atomic E-state index is 0.126. The van der Waals surface area contributed by atoms with Gasteiger partial charge in [0.05, 0.1) is 5.56 Å². The predicted octanol–water partition coefficient (Wildman–Crippen LogP) is 2.89. The van der Waals surface area contributed by atoms with Gasteiger partial charge in [-0.15, -0.1) is 0 Å². The van der Waals surface area contributed by atoms with E-state index < -0.39 is 0 Å². The Bertz CT molecular complexity index is 738. The molecule has 2 N–H and O–H groups in total. The van der Waals surface area contributed by atoms with Gasteiger partial charge in [-0.2, -0.15) is 0 Å². The average molecular weight is 383 g/mol. The first-order valence-corrected chi connectivity index (χ1v) is 10.1. The molecule has 7 nitrogen and oxygen atoms in total. The first-order valence-electron chi connectivity index (χ1n) is 10.1. The standard InChI is InChI=1S/C21H30N6O/c1-3-4-5-10-22-20(28)17-15-23-21(24-16-17)25-18-6-8-19(9-7-18)27-13-11-26(2)12-14-27/h6-9,15-16H,3-5,10-14H2,1-2H3,(H,22,28)(H,23,24,25). The molecule has 0 aliphatic carbocycles. The Kier molecular flexibility index (Phi) is 7.19. The van der Waals surface area contributed by atoms with Crippen LogP contribution in [0.1, 0.15) is 36.5 Å². The zero-order chi connectivity index (χ0) is 19.8. The average Bonchev–Trinajstić information content (AvgIpc) is 2.73. The summed E-state index contributed by atoms with van der Waals surface area (Å²) in [6, 6.07) is 8.30. The molecule has 7 heteroatoms. The van der Waals surface area contributed by atoms with Crippen molar-refractivity contribution in [3.05, 3.63) is 42.2 Å². The monoisotopic (exact) mass is 382 g/mol. The number of carbonyl (C=O) groups excluding carboxylic acids is 1. The van der Waals surface area contributed by atoms with Gasteiger partial charge in [0.25, 0.3) is 5.91 Å². The molecular formula is C21H30N6O. The van der Waals surface area contributed by atoms with Crippen LogP contribution in [0.5, 0.6) is 0 Å². The zero-order valence-electron chi connectivity index (χ0n) is 16.8. The van der Waals surface area contributed by atoms with E-state index in [9.17, 15) is 4.79 Å². The molecule has 3 rings (SSSR count). The topological polar surface area (TPSA) is 73.4 Å². The summed E-state index contributed by atoms with van der Waals surface area (Å²) in [5, 5.41) is 6.08. The summed E-state index contributed by atoms with van der Waals surface area (Å²) < 4.78 is 0. The number of hydrogen-bond donors (Lipinski definition) is 2. The number of rotatable bonds is 8. The summed E-state index contributed by atoms with van der Waals surface area (Å²) in [5.74, 6) is 0.356. The lowest BCUT2D eigenvalue weighted by Gasteiger charge is -2.34. The molecule has 1 amide bonds. The van der Waals surface area contributed by atoms with Gasteiger partial charge in [-0.1, -0.05) is 19.8 Å². The number of amides is 1. The molecule has 0 bridgehead atoms. The van der Waals surface area contributed by atoms with Gasteiger partial charge in [-0.05, 0) is 37.7 Å². The lowest BCUT2D eigenvalue weighted by Crippen LogP contribution is -2.44. The molecule has 1 aliphatic heterocycles. The summed E-state index contributed by atoms with van der Waals surface area (Å²) in [6.45, 7) is 7.11. The van der Waals surface area contributed by atoms with E-state index in [0.717, 1.165) is 51.1 Å². The van der Waals surface area contributed by atoms with Gasteiger partial charge in [-0.25, -0.2) is 9.97 Å². The third-order valence-electron chi connectivity index (χ3n) is 4.97. The second-order valence-electron chi connectivity index (χ2n) is 7.22. The number of anilines is 3. The first kappa shape index (κ1) is 20.1. The molecule has 150 valence electrons. The number of piperazine rings is 1. The lowest BCUT2D eigenvalue weighted by molar-refractivity contribution is 0.0952. The molecule has 0 unspecified atom stereocenters. The minimum Gasteiger partial charge on any atom is -0.369 e. The Balaban J connectivity index is 1.51. The third kappa shape index (κ3) is 5.66. The molecule has 1 aromatic heterocycles. The molecule has 0 radical (unpaired) electrons.